The summed E-state index contributed by atoms with van der Waals surface area (Å²) in [6.07, 6.45) is 4.96. The fourth-order valence-electron chi connectivity index (χ4n) is 7.52. The molecular formula is C32H39N7O. The quantitative estimate of drug-likeness (QED) is 0.501. The molecule has 0 radical (unpaired) electrons. The minimum Gasteiger partial charge on any atom is -0.462 e. The van der Waals surface area contributed by atoms with Crippen molar-refractivity contribution in [2.75, 3.05) is 56.2 Å². The van der Waals surface area contributed by atoms with Crippen LogP contribution in [0.2, 0.25) is 0 Å². The molecule has 3 aliphatic heterocycles. The molecule has 3 saturated heterocycles. The first-order valence-electron chi connectivity index (χ1n) is 14.9. The van der Waals surface area contributed by atoms with E-state index in [0.29, 0.717) is 31.0 Å². The zero-order valence-electron chi connectivity index (χ0n) is 23.6. The number of ether oxygens (including phenoxy) is 1. The largest absolute Gasteiger partial charge is 0.462 e. The lowest BCUT2D eigenvalue weighted by atomic mass is 9.87. The molecule has 1 aliphatic carbocycles. The number of likely N-dealkylation sites (tertiary alicyclic amines) is 1. The molecule has 0 unspecified atom stereocenters. The first-order chi connectivity index (χ1) is 19.6. The number of anilines is 2. The van der Waals surface area contributed by atoms with Crippen LogP contribution in [0.4, 0.5) is 11.5 Å². The Morgan fingerprint density at radius 1 is 1.12 bits per heavy atom. The number of rotatable bonds is 6. The van der Waals surface area contributed by atoms with E-state index in [1.807, 2.05) is 0 Å². The zero-order chi connectivity index (χ0) is 27.2. The van der Waals surface area contributed by atoms with E-state index in [1.165, 1.54) is 34.0 Å². The fraction of sp³-hybridized carbons (Fsp3) is 0.531. The van der Waals surface area contributed by atoms with Crippen molar-refractivity contribution < 1.29 is 4.74 Å². The first kappa shape index (κ1) is 25.6. The Labute approximate surface area is 236 Å². The van der Waals surface area contributed by atoms with Gasteiger partial charge in [0.05, 0.1) is 24.2 Å². The smallest absolute Gasteiger partial charge is 0.318 e. The fourth-order valence-corrected chi connectivity index (χ4v) is 7.52. The van der Waals surface area contributed by atoms with Crippen molar-refractivity contribution in [3.8, 4) is 12.1 Å². The van der Waals surface area contributed by atoms with Gasteiger partial charge in [0, 0.05) is 54.9 Å². The van der Waals surface area contributed by atoms with Gasteiger partial charge in [-0.05, 0) is 69.1 Å². The summed E-state index contributed by atoms with van der Waals surface area (Å²) in [5, 5.41) is 15.5. The highest BCUT2D eigenvalue weighted by atomic mass is 16.5. The molecule has 40 heavy (non-hydrogen) atoms. The maximum atomic E-state index is 9.35. The number of benzene rings is 2. The number of likely N-dealkylation sites (N-methyl/N-ethyl adjacent to an activating group) is 1. The van der Waals surface area contributed by atoms with E-state index in [9.17, 15) is 5.26 Å². The highest BCUT2D eigenvalue weighted by molar-refractivity contribution is 5.97. The van der Waals surface area contributed by atoms with E-state index in [-0.39, 0.29) is 12.1 Å². The van der Waals surface area contributed by atoms with Crippen molar-refractivity contribution in [3.63, 3.8) is 0 Å². The maximum absolute atomic E-state index is 9.35. The van der Waals surface area contributed by atoms with Gasteiger partial charge in [-0.15, -0.1) is 0 Å². The van der Waals surface area contributed by atoms with Crippen LogP contribution in [-0.4, -0.2) is 73.3 Å². The minimum absolute atomic E-state index is 0.149. The number of hydrogen-bond acceptors (Lipinski definition) is 8. The first-order valence-corrected chi connectivity index (χ1v) is 14.9. The predicted octanol–water partition coefficient (Wildman–Crippen LogP) is 4.23. The summed E-state index contributed by atoms with van der Waals surface area (Å²) in [6, 6.07) is 16.9. The Morgan fingerprint density at radius 3 is 2.83 bits per heavy atom. The average Bonchev–Trinajstić information content (AvgIpc) is 3.54. The molecule has 7 rings (SSSR count). The molecule has 0 amide bonds. The number of nitrogens with zero attached hydrogens (tertiary/aromatic N) is 6. The van der Waals surface area contributed by atoms with Gasteiger partial charge in [0.15, 0.2) is 0 Å². The summed E-state index contributed by atoms with van der Waals surface area (Å²) >= 11 is 0. The molecule has 4 atom stereocenters. The molecule has 3 fully saturated rings. The Balaban J connectivity index is 1.28. The van der Waals surface area contributed by atoms with E-state index < -0.39 is 0 Å². The van der Waals surface area contributed by atoms with E-state index in [2.05, 4.69) is 76.5 Å². The molecule has 4 aliphatic rings. The average molecular weight is 538 g/mol. The summed E-state index contributed by atoms with van der Waals surface area (Å²) in [4.78, 5) is 17.6. The molecular weight excluding hydrogens is 498 g/mol. The van der Waals surface area contributed by atoms with Crippen molar-refractivity contribution in [2.45, 2.75) is 57.2 Å². The van der Waals surface area contributed by atoms with Crippen LogP contribution in [-0.2, 0) is 6.42 Å². The Morgan fingerprint density at radius 2 is 2.00 bits per heavy atom. The molecule has 4 heterocycles. The van der Waals surface area contributed by atoms with Gasteiger partial charge < -0.3 is 24.8 Å². The number of piperazine rings is 1. The summed E-state index contributed by atoms with van der Waals surface area (Å²) in [7, 11) is 2.18. The van der Waals surface area contributed by atoms with Crippen LogP contribution in [0.25, 0.3) is 10.8 Å². The van der Waals surface area contributed by atoms with Crippen molar-refractivity contribution in [1.82, 2.24) is 20.2 Å². The Kier molecular flexibility index (Phi) is 6.73. The number of aryl methyl sites for hydroxylation is 1. The molecule has 208 valence electrons. The van der Waals surface area contributed by atoms with E-state index in [4.69, 9.17) is 14.7 Å². The second-order valence-corrected chi connectivity index (χ2v) is 12.2. The van der Waals surface area contributed by atoms with Gasteiger partial charge in [0.1, 0.15) is 12.4 Å². The van der Waals surface area contributed by atoms with Crippen LogP contribution in [0.1, 0.15) is 48.5 Å². The number of hydrogen-bond donors (Lipinski definition) is 1. The molecule has 0 spiro atoms. The molecule has 2 aromatic carbocycles. The van der Waals surface area contributed by atoms with Crippen molar-refractivity contribution in [3.05, 3.63) is 53.2 Å². The lowest BCUT2D eigenvalue weighted by Crippen LogP contribution is -2.51. The lowest BCUT2D eigenvalue weighted by molar-refractivity contribution is 0.187. The molecule has 0 saturated carbocycles. The van der Waals surface area contributed by atoms with Gasteiger partial charge in [-0.25, -0.2) is 0 Å². The Bertz CT molecular complexity index is 1450. The highest BCUT2D eigenvalue weighted by Crippen LogP contribution is 2.49. The second-order valence-electron chi connectivity index (χ2n) is 12.2. The van der Waals surface area contributed by atoms with Gasteiger partial charge in [-0.3, -0.25) is 0 Å². The third-order valence-corrected chi connectivity index (χ3v) is 9.56. The lowest BCUT2D eigenvalue weighted by Gasteiger charge is -2.36. The molecule has 1 N–H and O–H groups in total. The Hall–Kier alpha value is -3.41. The SMILES string of the molecule is Cc1cccc2cccc(N3C[C@@H]4Cc5c(nc(OC[C@@H]6CCCN6C)nc5N5CCN[C@@H](CC#N)C5)[C@H]3C4)c12. The van der Waals surface area contributed by atoms with Crippen LogP contribution in [0.3, 0.4) is 0 Å². The highest BCUT2D eigenvalue weighted by Gasteiger charge is 2.43. The summed E-state index contributed by atoms with van der Waals surface area (Å²) in [5.41, 5.74) is 5.03. The van der Waals surface area contributed by atoms with Crippen LogP contribution >= 0.6 is 0 Å². The number of nitriles is 1. The van der Waals surface area contributed by atoms with Crippen LogP contribution < -0.4 is 19.9 Å². The van der Waals surface area contributed by atoms with Gasteiger partial charge in [0.2, 0.25) is 0 Å². The minimum atomic E-state index is 0.149. The van der Waals surface area contributed by atoms with E-state index in [0.717, 1.165) is 63.5 Å². The number of nitrogens with one attached hydrogen (secondary N) is 1. The van der Waals surface area contributed by atoms with Crippen molar-refractivity contribution in [2.24, 2.45) is 5.92 Å². The van der Waals surface area contributed by atoms with Crippen LogP contribution in [0.15, 0.2) is 36.4 Å². The van der Waals surface area contributed by atoms with Crippen molar-refractivity contribution >= 4 is 22.3 Å². The molecule has 2 bridgehead atoms. The third kappa shape index (κ3) is 4.55. The normalized spacial score (nSPS) is 26.2. The monoisotopic (exact) mass is 537 g/mol. The van der Waals surface area contributed by atoms with E-state index >= 15 is 0 Å². The number of fused-ring (bicyclic) bond motifs is 5. The number of aromatic nitrogens is 2. The second kappa shape index (κ2) is 10.5. The summed E-state index contributed by atoms with van der Waals surface area (Å²) in [6.45, 7) is 7.48. The van der Waals surface area contributed by atoms with Crippen LogP contribution in [0, 0.1) is 24.2 Å². The van der Waals surface area contributed by atoms with E-state index in [1.54, 1.807) is 0 Å². The summed E-state index contributed by atoms with van der Waals surface area (Å²) < 4.78 is 6.39. The van der Waals surface area contributed by atoms with Crippen LogP contribution in [0.5, 0.6) is 6.01 Å². The van der Waals surface area contributed by atoms with Gasteiger partial charge in [-0.2, -0.15) is 15.2 Å². The van der Waals surface area contributed by atoms with Crippen molar-refractivity contribution in [1.29, 1.82) is 5.26 Å². The third-order valence-electron chi connectivity index (χ3n) is 9.56. The molecule has 1 aromatic heterocycles. The topological polar surface area (TPSA) is 80.6 Å². The molecule has 8 heteroatoms. The van der Waals surface area contributed by atoms with Gasteiger partial charge >= 0.3 is 6.01 Å². The molecule has 3 aromatic rings. The standard InChI is InChI=1S/C32H39N7O/c1-21-6-3-7-23-8-4-10-27(29(21)23)39-18-22-16-26-30(28(39)17-22)35-32(40-20-25-9-5-14-37(25)2)36-31(26)38-15-13-34-24(19-38)11-12-33/h3-4,6-8,10,22,24-25,28,34H,5,9,11,13-20H2,1-2H3/t22-,24+,25+,28-/m1/s1. The maximum Gasteiger partial charge on any atom is 0.318 e. The predicted molar refractivity (Wildman–Crippen MR) is 158 cm³/mol. The summed E-state index contributed by atoms with van der Waals surface area (Å²) in [5.74, 6) is 1.59. The molecule has 8 nitrogen and oxygen atoms in total. The van der Waals surface area contributed by atoms with Gasteiger partial charge in [-0.1, -0.05) is 30.3 Å². The van der Waals surface area contributed by atoms with Gasteiger partial charge in [0.25, 0.3) is 0 Å². The zero-order valence-corrected chi connectivity index (χ0v) is 23.6.